The van der Waals surface area contributed by atoms with E-state index in [1.807, 2.05) is 6.92 Å². The molecular weight excluding hydrogens is 410 g/mol. The highest BCUT2D eigenvalue weighted by Gasteiger charge is 2.51. The quantitative estimate of drug-likeness (QED) is 0.637. The van der Waals surface area contributed by atoms with Gasteiger partial charge in [0.1, 0.15) is 23.6 Å². The van der Waals surface area contributed by atoms with Crippen LogP contribution in [0.4, 0.5) is 10.5 Å². The molecule has 2 aromatic carbocycles. The Morgan fingerprint density at radius 1 is 1.03 bits per heavy atom. The first-order valence-corrected chi connectivity index (χ1v) is 10.9. The molecule has 0 atom stereocenters. The monoisotopic (exact) mass is 437 g/mol. The van der Waals surface area contributed by atoms with E-state index in [0.717, 1.165) is 29.9 Å². The molecule has 2 N–H and O–H groups in total. The van der Waals surface area contributed by atoms with Gasteiger partial charge in [0.25, 0.3) is 5.91 Å². The van der Waals surface area contributed by atoms with E-state index in [9.17, 15) is 14.4 Å². The maximum absolute atomic E-state index is 12.9. The third kappa shape index (κ3) is 4.54. The maximum atomic E-state index is 12.9. The van der Waals surface area contributed by atoms with Crippen LogP contribution in [0.1, 0.15) is 39.0 Å². The smallest absolute Gasteiger partial charge is 0.325 e. The van der Waals surface area contributed by atoms with E-state index in [1.54, 1.807) is 48.5 Å². The van der Waals surface area contributed by atoms with Crippen molar-refractivity contribution in [2.75, 3.05) is 18.5 Å². The summed E-state index contributed by atoms with van der Waals surface area (Å²) in [4.78, 5) is 39.0. The fraction of sp³-hybridized carbons (Fsp3) is 0.375. The van der Waals surface area contributed by atoms with Crippen LogP contribution in [0.25, 0.3) is 0 Å². The molecule has 1 saturated carbocycles. The van der Waals surface area contributed by atoms with E-state index in [4.69, 9.17) is 9.47 Å². The molecule has 1 aliphatic carbocycles. The van der Waals surface area contributed by atoms with Gasteiger partial charge in [0.05, 0.1) is 12.3 Å². The lowest BCUT2D eigenvalue weighted by Gasteiger charge is -2.30. The zero-order chi connectivity index (χ0) is 22.6. The summed E-state index contributed by atoms with van der Waals surface area (Å²) in [5, 5.41) is 5.58. The van der Waals surface area contributed by atoms with Gasteiger partial charge in [-0.15, -0.1) is 0 Å². The molecule has 8 nitrogen and oxygen atoms in total. The van der Waals surface area contributed by atoms with E-state index in [2.05, 4.69) is 10.6 Å². The minimum absolute atomic E-state index is 0.309. The molecule has 1 spiro atoms. The molecule has 2 aliphatic rings. The van der Waals surface area contributed by atoms with Crippen molar-refractivity contribution in [1.82, 2.24) is 10.2 Å². The Hall–Kier alpha value is -3.55. The molecule has 32 heavy (non-hydrogen) atoms. The van der Waals surface area contributed by atoms with Gasteiger partial charge in [0, 0.05) is 0 Å². The Kier molecular flexibility index (Phi) is 6.30. The van der Waals surface area contributed by atoms with Crippen LogP contribution in [-0.4, -0.2) is 41.4 Å². The van der Waals surface area contributed by atoms with E-state index in [1.165, 1.54) is 0 Å². The molecule has 4 rings (SSSR count). The van der Waals surface area contributed by atoms with Crippen molar-refractivity contribution >= 4 is 23.5 Å². The molecular formula is C24H27N3O5. The average Bonchev–Trinajstić information content (AvgIpc) is 3.01. The van der Waals surface area contributed by atoms with Crippen LogP contribution in [0, 0.1) is 0 Å². The van der Waals surface area contributed by atoms with Gasteiger partial charge in [-0.3, -0.25) is 14.5 Å². The number of ether oxygens (including phenoxy) is 2. The number of hydrogen-bond donors (Lipinski definition) is 2. The zero-order valence-electron chi connectivity index (χ0n) is 18.1. The Morgan fingerprint density at radius 2 is 1.72 bits per heavy atom. The van der Waals surface area contributed by atoms with Crippen molar-refractivity contribution in [3.05, 3.63) is 48.5 Å². The van der Waals surface area contributed by atoms with Crippen molar-refractivity contribution < 1.29 is 23.9 Å². The summed E-state index contributed by atoms with van der Waals surface area (Å²) in [6.07, 6.45) is 4.07. The Balaban J connectivity index is 1.41. The topological polar surface area (TPSA) is 97.0 Å². The summed E-state index contributed by atoms with van der Waals surface area (Å²) >= 11 is 0. The van der Waals surface area contributed by atoms with E-state index < -0.39 is 17.5 Å². The lowest BCUT2D eigenvalue weighted by molar-refractivity contribution is -0.134. The highest BCUT2D eigenvalue weighted by Crippen LogP contribution is 2.34. The predicted molar refractivity (Wildman–Crippen MR) is 119 cm³/mol. The van der Waals surface area contributed by atoms with Crippen molar-refractivity contribution in [1.29, 1.82) is 0 Å². The first kappa shape index (κ1) is 21.7. The molecule has 1 saturated heterocycles. The molecule has 2 fully saturated rings. The Bertz CT molecular complexity index is 999. The second-order valence-electron chi connectivity index (χ2n) is 8.02. The number of nitrogens with one attached hydrogen (secondary N) is 2. The Labute approximate surface area is 186 Å². The van der Waals surface area contributed by atoms with Crippen LogP contribution >= 0.6 is 0 Å². The van der Waals surface area contributed by atoms with Crippen LogP contribution < -0.4 is 20.1 Å². The summed E-state index contributed by atoms with van der Waals surface area (Å²) in [5.41, 5.74) is -0.393. The summed E-state index contributed by atoms with van der Waals surface area (Å²) in [7, 11) is 0. The van der Waals surface area contributed by atoms with Gasteiger partial charge in [-0.1, -0.05) is 31.4 Å². The van der Waals surface area contributed by atoms with E-state index in [-0.39, 0.29) is 12.5 Å². The number of anilines is 1. The summed E-state index contributed by atoms with van der Waals surface area (Å²) in [5.74, 6) is 1.00. The number of amides is 4. The maximum Gasteiger partial charge on any atom is 0.325 e. The van der Waals surface area contributed by atoms with Crippen LogP contribution in [0.5, 0.6) is 17.2 Å². The minimum Gasteiger partial charge on any atom is -0.494 e. The third-order valence-corrected chi connectivity index (χ3v) is 5.78. The lowest BCUT2D eigenvalue weighted by Crippen LogP contribution is -2.48. The molecule has 1 heterocycles. The first-order valence-electron chi connectivity index (χ1n) is 10.9. The summed E-state index contributed by atoms with van der Waals surface area (Å²) in [6, 6.07) is 13.7. The lowest BCUT2D eigenvalue weighted by atomic mass is 9.82. The van der Waals surface area contributed by atoms with Crippen LogP contribution in [-0.2, 0) is 9.59 Å². The highest BCUT2D eigenvalue weighted by atomic mass is 16.5. The number of carbonyl (C=O) groups is 3. The molecule has 0 aromatic heterocycles. The van der Waals surface area contributed by atoms with Gasteiger partial charge in [0.2, 0.25) is 5.91 Å². The van der Waals surface area contributed by atoms with Gasteiger partial charge in [0.15, 0.2) is 5.75 Å². The van der Waals surface area contributed by atoms with E-state index in [0.29, 0.717) is 36.6 Å². The number of carbonyl (C=O) groups excluding carboxylic acids is 3. The fourth-order valence-corrected chi connectivity index (χ4v) is 4.20. The van der Waals surface area contributed by atoms with Gasteiger partial charge >= 0.3 is 6.03 Å². The first-order chi connectivity index (χ1) is 15.5. The largest absolute Gasteiger partial charge is 0.494 e. The number of urea groups is 1. The standard InChI is InChI=1S/C24H27N3O5/c1-2-31-17-10-12-18(13-11-17)32-20-9-5-4-8-19(20)25-21(28)16-27-22(29)24(26-23(27)30)14-6-3-7-15-24/h4-5,8-13H,2-3,6-7,14-16H2,1H3,(H,25,28)(H,26,30). The van der Waals surface area contributed by atoms with Crippen molar-refractivity contribution in [3.8, 4) is 17.2 Å². The molecule has 8 heteroatoms. The summed E-state index contributed by atoms with van der Waals surface area (Å²) < 4.78 is 11.3. The second kappa shape index (κ2) is 9.30. The number of para-hydroxylation sites is 2. The van der Waals surface area contributed by atoms with E-state index >= 15 is 0 Å². The highest BCUT2D eigenvalue weighted by molar-refractivity contribution is 6.10. The number of hydrogen-bond acceptors (Lipinski definition) is 5. The normalized spacial score (nSPS) is 17.2. The molecule has 0 unspecified atom stereocenters. The van der Waals surface area contributed by atoms with Crippen LogP contribution in [0.2, 0.25) is 0 Å². The molecule has 4 amide bonds. The minimum atomic E-state index is -0.843. The number of nitrogens with zero attached hydrogens (tertiary/aromatic N) is 1. The zero-order valence-corrected chi connectivity index (χ0v) is 18.1. The number of rotatable bonds is 7. The molecule has 1 aliphatic heterocycles. The van der Waals surface area contributed by atoms with Crippen LogP contribution in [0.3, 0.4) is 0 Å². The second-order valence-corrected chi connectivity index (χ2v) is 8.02. The van der Waals surface area contributed by atoms with Crippen molar-refractivity contribution in [3.63, 3.8) is 0 Å². The van der Waals surface area contributed by atoms with Crippen LogP contribution in [0.15, 0.2) is 48.5 Å². The fourth-order valence-electron chi connectivity index (χ4n) is 4.20. The molecule has 0 bridgehead atoms. The predicted octanol–water partition coefficient (Wildman–Crippen LogP) is 4.07. The molecule has 168 valence electrons. The van der Waals surface area contributed by atoms with Gasteiger partial charge in [-0.05, 0) is 56.2 Å². The Morgan fingerprint density at radius 3 is 2.44 bits per heavy atom. The van der Waals surface area contributed by atoms with Gasteiger partial charge < -0.3 is 20.1 Å². The molecule has 2 aromatic rings. The average molecular weight is 437 g/mol. The summed E-state index contributed by atoms with van der Waals surface area (Å²) in [6.45, 7) is 2.15. The molecule has 0 radical (unpaired) electrons. The van der Waals surface area contributed by atoms with Gasteiger partial charge in [-0.2, -0.15) is 0 Å². The van der Waals surface area contributed by atoms with Gasteiger partial charge in [-0.25, -0.2) is 4.79 Å². The third-order valence-electron chi connectivity index (χ3n) is 5.78. The number of benzene rings is 2. The van der Waals surface area contributed by atoms with Crippen molar-refractivity contribution in [2.45, 2.75) is 44.6 Å². The number of imide groups is 1. The SMILES string of the molecule is CCOc1ccc(Oc2ccccc2NC(=O)CN2C(=O)NC3(CCCCC3)C2=O)cc1. The van der Waals surface area contributed by atoms with Crippen molar-refractivity contribution in [2.24, 2.45) is 0 Å².